The number of carbonyl (C=O) groups is 2. The zero-order valence-corrected chi connectivity index (χ0v) is 13.4. The Kier molecular flexibility index (Phi) is 5.86. The number of rotatable bonds is 6. The van der Waals surface area contributed by atoms with Gasteiger partial charge in [-0.1, -0.05) is 6.07 Å². The molecule has 2 amide bonds. The average Bonchev–Trinajstić information content (AvgIpc) is 2.55. The second kappa shape index (κ2) is 7.87. The Balaban J connectivity index is 2.09. The molecule has 0 unspecified atom stereocenters. The quantitative estimate of drug-likeness (QED) is 0.690. The highest BCUT2D eigenvalue weighted by atomic mass is 19.2. The molecular weight excluding hydrogens is 320 g/mol. The molecule has 0 saturated heterocycles. The van der Waals surface area contributed by atoms with Crippen molar-refractivity contribution in [2.24, 2.45) is 0 Å². The maximum Gasteiger partial charge on any atom is 0.337 e. The van der Waals surface area contributed by atoms with Crippen molar-refractivity contribution in [3.05, 3.63) is 46.7 Å². The van der Waals surface area contributed by atoms with Crippen molar-refractivity contribution in [1.82, 2.24) is 16.0 Å². The summed E-state index contributed by atoms with van der Waals surface area (Å²) < 4.78 is 31.2. The van der Waals surface area contributed by atoms with Gasteiger partial charge in [-0.25, -0.2) is 18.4 Å². The van der Waals surface area contributed by atoms with Crippen LogP contribution in [0.1, 0.15) is 25.5 Å². The van der Waals surface area contributed by atoms with E-state index >= 15 is 0 Å². The lowest BCUT2D eigenvalue weighted by Gasteiger charge is -2.23. The van der Waals surface area contributed by atoms with Crippen LogP contribution >= 0.6 is 0 Å². The molecule has 1 atom stereocenters. The van der Waals surface area contributed by atoms with E-state index < -0.39 is 23.6 Å². The van der Waals surface area contributed by atoms with Gasteiger partial charge in [0.25, 0.3) is 0 Å². The molecule has 2 rings (SSSR count). The Hall–Kier alpha value is -2.48. The molecule has 3 N–H and O–H groups in total. The van der Waals surface area contributed by atoms with E-state index in [-0.39, 0.29) is 25.7 Å². The molecule has 1 heterocycles. The number of urea groups is 1. The Bertz CT molecular complexity index is 677. The van der Waals surface area contributed by atoms with Crippen LogP contribution in [0.15, 0.2) is 29.5 Å². The van der Waals surface area contributed by atoms with Gasteiger partial charge in [-0.2, -0.15) is 0 Å². The molecule has 0 fully saturated rings. The molecule has 8 heteroatoms. The van der Waals surface area contributed by atoms with Crippen LogP contribution in [0.3, 0.4) is 0 Å². The van der Waals surface area contributed by atoms with Crippen LogP contribution in [0.25, 0.3) is 0 Å². The third-order valence-electron chi connectivity index (χ3n) is 3.60. The predicted molar refractivity (Wildman–Crippen MR) is 83.0 cm³/mol. The van der Waals surface area contributed by atoms with E-state index in [9.17, 15) is 18.4 Å². The first-order chi connectivity index (χ1) is 11.4. The fraction of sp³-hybridized carbons (Fsp3) is 0.375. The van der Waals surface area contributed by atoms with E-state index in [2.05, 4.69) is 16.0 Å². The second-order valence-electron chi connectivity index (χ2n) is 5.26. The van der Waals surface area contributed by atoms with E-state index in [0.717, 1.165) is 12.1 Å². The average molecular weight is 339 g/mol. The van der Waals surface area contributed by atoms with Crippen molar-refractivity contribution in [2.45, 2.75) is 19.9 Å². The lowest BCUT2D eigenvalue weighted by molar-refractivity contribution is -0.138. The summed E-state index contributed by atoms with van der Waals surface area (Å²) in [5.41, 5.74) is 1.26. The van der Waals surface area contributed by atoms with Crippen LogP contribution in [0, 0.1) is 11.6 Å². The number of benzene rings is 1. The Morgan fingerprint density at radius 3 is 2.79 bits per heavy atom. The summed E-state index contributed by atoms with van der Waals surface area (Å²) in [4.78, 5) is 23.4. The molecule has 1 aromatic carbocycles. The van der Waals surface area contributed by atoms with Gasteiger partial charge in [-0.3, -0.25) is 0 Å². The van der Waals surface area contributed by atoms with Crippen LogP contribution in [0.4, 0.5) is 13.6 Å². The first kappa shape index (κ1) is 17.9. The topological polar surface area (TPSA) is 79.5 Å². The van der Waals surface area contributed by atoms with Gasteiger partial charge in [-0.15, -0.1) is 0 Å². The predicted octanol–water partition coefficient (Wildman–Crippen LogP) is 1.75. The van der Waals surface area contributed by atoms with Gasteiger partial charge in [0, 0.05) is 18.3 Å². The van der Waals surface area contributed by atoms with E-state index in [1.807, 2.05) is 0 Å². The van der Waals surface area contributed by atoms with Crippen molar-refractivity contribution in [1.29, 1.82) is 0 Å². The SMILES string of the molecule is CCOC(=O)C1=C(CN[C@H](C)c2ccc(F)c(F)c2)NC(=O)NC1. The van der Waals surface area contributed by atoms with Crippen molar-refractivity contribution < 1.29 is 23.1 Å². The monoisotopic (exact) mass is 339 g/mol. The van der Waals surface area contributed by atoms with Gasteiger partial charge in [0.1, 0.15) is 0 Å². The smallest absolute Gasteiger partial charge is 0.337 e. The van der Waals surface area contributed by atoms with Gasteiger partial charge in [0.05, 0.1) is 18.7 Å². The normalized spacial score (nSPS) is 15.6. The fourth-order valence-corrected chi connectivity index (χ4v) is 2.25. The number of hydrogen-bond acceptors (Lipinski definition) is 4. The van der Waals surface area contributed by atoms with Gasteiger partial charge >= 0.3 is 12.0 Å². The third kappa shape index (κ3) is 4.29. The van der Waals surface area contributed by atoms with E-state index in [0.29, 0.717) is 16.8 Å². The molecule has 0 aromatic heterocycles. The van der Waals surface area contributed by atoms with Crippen LogP contribution < -0.4 is 16.0 Å². The molecule has 0 spiro atoms. The summed E-state index contributed by atoms with van der Waals surface area (Å²) in [6, 6.07) is 2.90. The van der Waals surface area contributed by atoms with Crippen molar-refractivity contribution in [3.63, 3.8) is 0 Å². The number of halogens is 2. The Morgan fingerprint density at radius 2 is 2.12 bits per heavy atom. The van der Waals surface area contributed by atoms with Crippen LogP contribution in [0.2, 0.25) is 0 Å². The molecule has 0 bridgehead atoms. The van der Waals surface area contributed by atoms with Crippen LogP contribution in [-0.2, 0) is 9.53 Å². The van der Waals surface area contributed by atoms with Gasteiger partial charge in [-0.05, 0) is 31.5 Å². The molecule has 0 saturated carbocycles. The maximum atomic E-state index is 13.3. The Morgan fingerprint density at radius 1 is 1.38 bits per heavy atom. The number of amides is 2. The zero-order valence-electron chi connectivity index (χ0n) is 13.4. The molecule has 1 aliphatic heterocycles. The summed E-state index contributed by atoms with van der Waals surface area (Å²) in [6.07, 6.45) is 0. The van der Waals surface area contributed by atoms with E-state index in [1.165, 1.54) is 6.07 Å². The number of ether oxygens (including phenoxy) is 1. The standard InChI is InChI=1S/C16H19F2N3O3/c1-3-24-15(22)11-7-20-16(23)21-14(11)8-19-9(2)10-4-5-12(17)13(18)6-10/h4-6,9,19H,3,7-8H2,1-2H3,(H2,20,21,23)/t9-/m1/s1. The molecular formula is C16H19F2N3O3. The van der Waals surface area contributed by atoms with Crippen molar-refractivity contribution in [3.8, 4) is 0 Å². The minimum Gasteiger partial charge on any atom is -0.463 e. The molecule has 130 valence electrons. The molecule has 6 nitrogen and oxygen atoms in total. The number of carbonyl (C=O) groups excluding carboxylic acids is 2. The third-order valence-corrected chi connectivity index (χ3v) is 3.60. The maximum absolute atomic E-state index is 13.3. The lowest BCUT2D eigenvalue weighted by atomic mass is 10.1. The number of nitrogens with one attached hydrogen (secondary N) is 3. The van der Waals surface area contributed by atoms with Crippen molar-refractivity contribution in [2.75, 3.05) is 19.7 Å². The molecule has 1 aliphatic rings. The van der Waals surface area contributed by atoms with Crippen LogP contribution in [-0.4, -0.2) is 31.7 Å². The fourth-order valence-electron chi connectivity index (χ4n) is 2.25. The second-order valence-corrected chi connectivity index (χ2v) is 5.26. The molecule has 0 aliphatic carbocycles. The highest BCUT2D eigenvalue weighted by molar-refractivity contribution is 5.93. The summed E-state index contributed by atoms with van der Waals surface area (Å²) >= 11 is 0. The number of hydrogen-bond donors (Lipinski definition) is 3. The van der Waals surface area contributed by atoms with Gasteiger partial charge in [0.15, 0.2) is 11.6 Å². The molecule has 1 aromatic rings. The minimum absolute atomic E-state index is 0.0707. The summed E-state index contributed by atoms with van der Waals surface area (Å²) in [5.74, 6) is -2.35. The highest BCUT2D eigenvalue weighted by Crippen LogP contribution is 2.16. The summed E-state index contributed by atoms with van der Waals surface area (Å²) in [7, 11) is 0. The van der Waals surface area contributed by atoms with Gasteiger partial charge < -0.3 is 20.7 Å². The summed E-state index contributed by atoms with van der Waals surface area (Å²) in [5, 5.41) is 8.14. The van der Waals surface area contributed by atoms with Gasteiger partial charge in [0.2, 0.25) is 0 Å². The molecule has 0 radical (unpaired) electrons. The Labute approximate surface area is 138 Å². The van der Waals surface area contributed by atoms with E-state index in [1.54, 1.807) is 13.8 Å². The highest BCUT2D eigenvalue weighted by Gasteiger charge is 2.23. The largest absolute Gasteiger partial charge is 0.463 e. The van der Waals surface area contributed by atoms with Crippen molar-refractivity contribution >= 4 is 12.0 Å². The van der Waals surface area contributed by atoms with E-state index in [4.69, 9.17) is 4.74 Å². The lowest BCUT2D eigenvalue weighted by Crippen LogP contribution is -2.46. The number of esters is 1. The first-order valence-electron chi connectivity index (χ1n) is 7.54. The minimum atomic E-state index is -0.928. The van der Waals surface area contributed by atoms with Crippen LogP contribution in [0.5, 0.6) is 0 Å². The first-order valence-corrected chi connectivity index (χ1v) is 7.54. The zero-order chi connectivity index (χ0) is 17.7. The summed E-state index contributed by atoms with van der Waals surface area (Å²) in [6.45, 7) is 3.92. The molecule has 24 heavy (non-hydrogen) atoms.